The van der Waals surface area contributed by atoms with Crippen molar-refractivity contribution in [2.75, 3.05) is 6.54 Å². The fraction of sp³-hybridized carbons (Fsp3) is 0.333. The molecule has 3 aromatic rings. The maximum Gasteiger partial charge on any atom is 0.271 e. The number of nitrogens with two attached hydrogens (primary N) is 2. The van der Waals surface area contributed by atoms with Gasteiger partial charge in [-0.1, -0.05) is 19.8 Å². The van der Waals surface area contributed by atoms with E-state index in [1.54, 1.807) is 18.2 Å². The van der Waals surface area contributed by atoms with Crippen LogP contribution in [-0.2, 0) is 0 Å². The first kappa shape index (κ1) is 21.4. The van der Waals surface area contributed by atoms with Gasteiger partial charge in [-0.05, 0) is 24.6 Å². The largest absolute Gasteiger partial charge is 0.463 e. The monoisotopic (exact) mass is 406 g/mol. The van der Waals surface area contributed by atoms with Crippen molar-refractivity contribution in [3.8, 4) is 11.5 Å². The second-order valence-corrected chi connectivity index (χ2v) is 6.20. The lowest BCUT2D eigenvalue weighted by molar-refractivity contribution is 0.0928. The molecule has 0 saturated heterocycles. The Morgan fingerprint density at radius 3 is 2.79 bits per heavy atom. The molecule has 1 atom stereocenters. The van der Waals surface area contributed by atoms with Gasteiger partial charge in [-0.15, -0.1) is 12.4 Å². The molecule has 0 radical (unpaired) electrons. The quantitative estimate of drug-likeness (QED) is 0.520. The Morgan fingerprint density at radius 2 is 2.18 bits per heavy atom. The van der Waals surface area contributed by atoms with E-state index in [0.717, 1.165) is 19.3 Å². The number of carbonyl (C=O) groups excluding carboxylic acids is 2. The Balaban J connectivity index is 0.00000280. The van der Waals surface area contributed by atoms with E-state index in [-0.39, 0.29) is 41.4 Å². The molecule has 3 rings (SSSR count). The maximum atomic E-state index is 12.9. The zero-order chi connectivity index (χ0) is 19.4. The second-order valence-electron chi connectivity index (χ2n) is 6.20. The van der Waals surface area contributed by atoms with E-state index in [2.05, 4.69) is 22.2 Å². The predicted molar refractivity (Wildman–Crippen MR) is 106 cm³/mol. The van der Waals surface area contributed by atoms with Gasteiger partial charge in [0.2, 0.25) is 0 Å². The van der Waals surface area contributed by atoms with Gasteiger partial charge in [0.05, 0.1) is 6.26 Å². The van der Waals surface area contributed by atoms with Crippen molar-refractivity contribution in [1.82, 2.24) is 19.7 Å². The molecule has 0 aromatic carbocycles. The highest BCUT2D eigenvalue weighted by atomic mass is 35.5. The van der Waals surface area contributed by atoms with Gasteiger partial charge < -0.3 is 21.2 Å². The van der Waals surface area contributed by atoms with Crippen LogP contribution >= 0.6 is 12.4 Å². The molecule has 0 fully saturated rings. The van der Waals surface area contributed by atoms with Crippen LogP contribution in [0.2, 0.25) is 0 Å². The molecule has 0 spiro atoms. The van der Waals surface area contributed by atoms with Gasteiger partial charge >= 0.3 is 0 Å². The number of unbranched alkanes of at least 4 members (excludes halogenated alkanes) is 1. The van der Waals surface area contributed by atoms with Crippen molar-refractivity contribution in [3.05, 3.63) is 42.2 Å². The first-order valence-electron chi connectivity index (χ1n) is 8.77. The van der Waals surface area contributed by atoms with Crippen molar-refractivity contribution in [1.29, 1.82) is 0 Å². The molecule has 28 heavy (non-hydrogen) atoms. The van der Waals surface area contributed by atoms with Crippen LogP contribution in [0.15, 0.2) is 35.2 Å². The number of halogens is 1. The number of hydrogen-bond donors (Lipinski definition) is 3. The fourth-order valence-corrected chi connectivity index (χ4v) is 2.83. The van der Waals surface area contributed by atoms with Crippen molar-refractivity contribution in [2.24, 2.45) is 11.5 Å². The topological polar surface area (TPSA) is 142 Å². The van der Waals surface area contributed by atoms with Gasteiger partial charge in [0.15, 0.2) is 17.1 Å². The van der Waals surface area contributed by atoms with E-state index < -0.39 is 5.91 Å². The van der Waals surface area contributed by atoms with Crippen molar-refractivity contribution in [3.63, 3.8) is 0 Å². The molecule has 3 aromatic heterocycles. The normalized spacial score (nSPS) is 11.8. The van der Waals surface area contributed by atoms with E-state index >= 15 is 0 Å². The number of hydrogen-bond acceptors (Lipinski definition) is 6. The molecule has 10 heteroatoms. The third kappa shape index (κ3) is 4.32. The summed E-state index contributed by atoms with van der Waals surface area (Å²) < 4.78 is 6.82. The molecular formula is C18H23ClN6O3. The minimum absolute atomic E-state index is 0. The number of carbonyl (C=O) groups is 2. The van der Waals surface area contributed by atoms with E-state index in [1.165, 1.54) is 17.0 Å². The van der Waals surface area contributed by atoms with E-state index in [1.807, 2.05) is 0 Å². The number of fused-ring (bicyclic) bond motifs is 1. The van der Waals surface area contributed by atoms with Gasteiger partial charge in [0.1, 0.15) is 17.7 Å². The Labute approximate surface area is 167 Å². The van der Waals surface area contributed by atoms with Crippen molar-refractivity contribution < 1.29 is 14.0 Å². The molecule has 9 nitrogen and oxygen atoms in total. The Hall–Kier alpha value is -2.91. The SMILES string of the molecule is CCCCC(CN)NC(=O)c1cc(-c2ccco2)nc2c(C(N)=O)ncn12.Cl. The molecule has 2 amide bonds. The van der Waals surface area contributed by atoms with Gasteiger partial charge in [0.25, 0.3) is 11.8 Å². The summed E-state index contributed by atoms with van der Waals surface area (Å²) in [5.41, 5.74) is 12.0. The molecule has 0 aliphatic heterocycles. The average molecular weight is 407 g/mol. The summed E-state index contributed by atoms with van der Waals surface area (Å²) >= 11 is 0. The van der Waals surface area contributed by atoms with E-state index in [0.29, 0.717) is 18.0 Å². The van der Waals surface area contributed by atoms with Crippen LogP contribution < -0.4 is 16.8 Å². The number of nitrogens with zero attached hydrogens (tertiary/aromatic N) is 3. The zero-order valence-electron chi connectivity index (χ0n) is 15.4. The maximum absolute atomic E-state index is 12.9. The first-order valence-corrected chi connectivity index (χ1v) is 8.77. The van der Waals surface area contributed by atoms with Gasteiger partial charge in [-0.2, -0.15) is 0 Å². The van der Waals surface area contributed by atoms with Crippen molar-refractivity contribution >= 4 is 29.9 Å². The number of primary amides is 1. The highest BCUT2D eigenvalue weighted by Crippen LogP contribution is 2.22. The highest BCUT2D eigenvalue weighted by molar-refractivity contribution is 5.99. The summed E-state index contributed by atoms with van der Waals surface area (Å²) in [7, 11) is 0. The summed E-state index contributed by atoms with van der Waals surface area (Å²) in [5.74, 6) is -0.601. The standard InChI is InChI=1S/C18H22N6O3.ClH/c1-2-3-5-11(9-19)22-18(26)13-8-12(14-6-4-7-27-14)23-17-15(16(20)25)21-10-24(13)17;/h4,6-8,10-11H,2-3,5,9,19H2,1H3,(H2,20,25)(H,22,26);1H. The lowest BCUT2D eigenvalue weighted by Gasteiger charge is -2.17. The molecule has 0 bridgehead atoms. The predicted octanol–water partition coefficient (Wildman–Crippen LogP) is 1.76. The minimum atomic E-state index is -0.726. The average Bonchev–Trinajstić information content (AvgIpc) is 3.33. The first-order chi connectivity index (χ1) is 13.0. The van der Waals surface area contributed by atoms with E-state index in [4.69, 9.17) is 15.9 Å². The van der Waals surface area contributed by atoms with Crippen LogP contribution in [0, 0.1) is 0 Å². The van der Waals surface area contributed by atoms with Gasteiger partial charge in [-0.3, -0.25) is 14.0 Å². The molecule has 0 aliphatic rings. The van der Waals surface area contributed by atoms with Crippen LogP contribution in [0.3, 0.4) is 0 Å². The fourth-order valence-electron chi connectivity index (χ4n) is 2.83. The molecule has 0 aliphatic carbocycles. The van der Waals surface area contributed by atoms with Crippen LogP contribution in [0.1, 0.15) is 47.2 Å². The molecule has 5 N–H and O–H groups in total. The summed E-state index contributed by atoms with van der Waals surface area (Å²) in [6.45, 7) is 2.41. The lowest BCUT2D eigenvalue weighted by atomic mass is 10.1. The number of rotatable bonds is 8. The lowest BCUT2D eigenvalue weighted by Crippen LogP contribution is -2.40. The third-order valence-corrected chi connectivity index (χ3v) is 4.27. The second kappa shape index (κ2) is 9.34. The smallest absolute Gasteiger partial charge is 0.271 e. The number of imidazole rings is 1. The number of nitrogens with one attached hydrogen (secondary N) is 1. The number of amides is 2. The number of furan rings is 1. The molecular weight excluding hydrogens is 384 g/mol. The molecule has 3 heterocycles. The van der Waals surface area contributed by atoms with Crippen LogP contribution in [0.25, 0.3) is 17.1 Å². The summed E-state index contributed by atoms with van der Waals surface area (Å²) in [4.78, 5) is 33.0. The summed E-state index contributed by atoms with van der Waals surface area (Å²) in [6, 6.07) is 4.86. The minimum Gasteiger partial charge on any atom is -0.463 e. The molecule has 1 unspecified atom stereocenters. The van der Waals surface area contributed by atoms with Crippen LogP contribution in [0.5, 0.6) is 0 Å². The van der Waals surface area contributed by atoms with Crippen molar-refractivity contribution in [2.45, 2.75) is 32.2 Å². The van der Waals surface area contributed by atoms with Crippen LogP contribution in [0.4, 0.5) is 0 Å². The molecule has 150 valence electrons. The Kier molecular flexibility index (Phi) is 7.13. The number of aromatic nitrogens is 3. The zero-order valence-corrected chi connectivity index (χ0v) is 16.2. The van der Waals surface area contributed by atoms with Crippen LogP contribution in [-0.4, -0.2) is 38.8 Å². The van der Waals surface area contributed by atoms with E-state index in [9.17, 15) is 9.59 Å². The Morgan fingerprint density at radius 1 is 1.39 bits per heavy atom. The van der Waals surface area contributed by atoms with Gasteiger partial charge in [0, 0.05) is 12.6 Å². The Bertz CT molecular complexity index is 954. The highest BCUT2D eigenvalue weighted by Gasteiger charge is 2.21. The third-order valence-electron chi connectivity index (χ3n) is 4.27. The van der Waals surface area contributed by atoms with Gasteiger partial charge in [-0.25, -0.2) is 9.97 Å². The summed E-state index contributed by atoms with van der Waals surface area (Å²) in [5, 5.41) is 2.93. The molecule has 0 saturated carbocycles. The summed E-state index contributed by atoms with van der Waals surface area (Å²) in [6.07, 6.45) is 5.61.